The number of hydrogen-bond donors (Lipinski definition) is 2. The first-order valence-corrected chi connectivity index (χ1v) is 6.80. The standard InChI is InChI=1S/C11H20N2O4S/c1-5(16-4)9-8(15)7(14)6-10(17-9)18-11(12-6)13(2)3/h5-10,14-15H,1-4H3/t5?,6-,7-,8+,9-,10-/m1/s1. The Balaban J connectivity index is 2.14. The molecule has 0 saturated carbocycles. The second-order valence-corrected chi connectivity index (χ2v) is 5.87. The van der Waals surface area contributed by atoms with E-state index < -0.39 is 24.4 Å². The van der Waals surface area contributed by atoms with Crippen molar-refractivity contribution in [3.05, 3.63) is 0 Å². The Morgan fingerprint density at radius 1 is 1.39 bits per heavy atom. The van der Waals surface area contributed by atoms with Gasteiger partial charge in [0, 0.05) is 21.2 Å². The van der Waals surface area contributed by atoms with E-state index in [1.807, 2.05) is 25.9 Å². The Kier molecular flexibility index (Phi) is 4.18. The largest absolute Gasteiger partial charge is 0.388 e. The van der Waals surface area contributed by atoms with Gasteiger partial charge in [-0.25, -0.2) is 0 Å². The Morgan fingerprint density at radius 3 is 2.61 bits per heavy atom. The number of aliphatic imine (C=N–C) groups is 1. The van der Waals surface area contributed by atoms with Crippen LogP contribution >= 0.6 is 11.8 Å². The number of nitrogens with zero attached hydrogens (tertiary/aromatic N) is 2. The summed E-state index contributed by atoms with van der Waals surface area (Å²) in [4.78, 5) is 6.27. The molecule has 18 heavy (non-hydrogen) atoms. The van der Waals surface area contributed by atoms with Crippen LogP contribution in [0.5, 0.6) is 0 Å². The molecule has 2 aliphatic rings. The maximum atomic E-state index is 10.1. The molecule has 0 amide bonds. The Bertz CT molecular complexity index is 339. The van der Waals surface area contributed by atoms with Crippen molar-refractivity contribution < 1.29 is 19.7 Å². The SMILES string of the molecule is COC(C)[C@H]1O[C@@H]2SC(N(C)C)=N[C@@H]2[C@@H](O)[C@@H]1O. The van der Waals surface area contributed by atoms with Gasteiger partial charge in [0.05, 0.1) is 6.10 Å². The topological polar surface area (TPSA) is 74.5 Å². The van der Waals surface area contributed by atoms with Gasteiger partial charge in [-0.2, -0.15) is 0 Å². The molecule has 0 spiro atoms. The molecule has 0 aromatic heterocycles. The van der Waals surface area contributed by atoms with Crippen molar-refractivity contribution in [1.82, 2.24) is 4.90 Å². The van der Waals surface area contributed by atoms with Gasteiger partial charge in [-0.15, -0.1) is 0 Å². The molecule has 1 saturated heterocycles. The van der Waals surface area contributed by atoms with E-state index in [9.17, 15) is 10.2 Å². The van der Waals surface area contributed by atoms with Gasteiger partial charge in [0.1, 0.15) is 29.8 Å². The fourth-order valence-electron chi connectivity index (χ4n) is 2.11. The van der Waals surface area contributed by atoms with Crippen LogP contribution in [0, 0.1) is 0 Å². The molecule has 7 heteroatoms. The van der Waals surface area contributed by atoms with Gasteiger partial charge in [0.15, 0.2) is 5.17 Å². The molecule has 0 bridgehead atoms. The van der Waals surface area contributed by atoms with Crippen LogP contribution in [0.3, 0.4) is 0 Å². The number of aliphatic hydroxyl groups is 2. The minimum atomic E-state index is -0.980. The van der Waals surface area contributed by atoms with E-state index in [2.05, 4.69) is 4.99 Å². The summed E-state index contributed by atoms with van der Waals surface area (Å²) >= 11 is 1.47. The van der Waals surface area contributed by atoms with Crippen LogP contribution in [0.4, 0.5) is 0 Å². The maximum absolute atomic E-state index is 10.1. The summed E-state index contributed by atoms with van der Waals surface area (Å²) in [6.45, 7) is 1.81. The van der Waals surface area contributed by atoms with Gasteiger partial charge in [0.2, 0.25) is 0 Å². The first-order valence-electron chi connectivity index (χ1n) is 5.92. The van der Waals surface area contributed by atoms with Crippen LogP contribution in [-0.4, -0.2) is 77.4 Å². The van der Waals surface area contributed by atoms with Crippen LogP contribution < -0.4 is 0 Å². The predicted molar refractivity (Wildman–Crippen MR) is 69.6 cm³/mol. The highest BCUT2D eigenvalue weighted by atomic mass is 32.2. The second kappa shape index (κ2) is 5.34. The number of thioether (sulfide) groups is 1. The summed E-state index contributed by atoms with van der Waals surface area (Å²) in [6, 6.07) is -0.414. The predicted octanol–water partition coefficient (Wildman–Crippen LogP) is -0.499. The molecule has 0 aliphatic carbocycles. The summed E-state index contributed by atoms with van der Waals surface area (Å²) in [5.41, 5.74) is -0.261. The number of hydrogen-bond acceptors (Lipinski definition) is 7. The summed E-state index contributed by atoms with van der Waals surface area (Å²) in [7, 11) is 5.34. The number of aliphatic hydroxyl groups excluding tert-OH is 2. The van der Waals surface area contributed by atoms with E-state index in [-0.39, 0.29) is 11.5 Å². The zero-order chi connectivity index (χ0) is 13.4. The average Bonchev–Trinajstić information content (AvgIpc) is 2.77. The van der Waals surface area contributed by atoms with Crippen molar-refractivity contribution in [3.63, 3.8) is 0 Å². The van der Waals surface area contributed by atoms with E-state index in [0.717, 1.165) is 5.17 Å². The van der Waals surface area contributed by atoms with Gasteiger partial charge >= 0.3 is 0 Å². The van der Waals surface area contributed by atoms with Gasteiger partial charge in [-0.1, -0.05) is 11.8 Å². The first kappa shape index (κ1) is 14.1. The lowest BCUT2D eigenvalue weighted by Crippen LogP contribution is -2.58. The average molecular weight is 276 g/mol. The monoisotopic (exact) mass is 276 g/mol. The highest BCUT2D eigenvalue weighted by Gasteiger charge is 2.49. The minimum Gasteiger partial charge on any atom is -0.388 e. The normalized spacial score (nSPS) is 41.2. The molecule has 1 fully saturated rings. The number of amidine groups is 1. The lowest BCUT2D eigenvalue weighted by molar-refractivity contribution is -0.186. The Hall–Kier alpha value is -0.340. The van der Waals surface area contributed by atoms with Crippen LogP contribution in [0.25, 0.3) is 0 Å². The van der Waals surface area contributed by atoms with Crippen molar-refractivity contribution in [1.29, 1.82) is 0 Å². The Labute approximate surface area is 111 Å². The number of fused-ring (bicyclic) bond motifs is 1. The van der Waals surface area contributed by atoms with Crippen molar-refractivity contribution in [2.45, 2.75) is 42.8 Å². The molecule has 2 aliphatic heterocycles. The molecule has 1 unspecified atom stereocenters. The molecule has 6 nitrogen and oxygen atoms in total. The van der Waals surface area contributed by atoms with E-state index in [0.29, 0.717) is 0 Å². The van der Waals surface area contributed by atoms with Crippen LogP contribution in [-0.2, 0) is 9.47 Å². The molecule has 0 aromatic rings. The minimum absolute atomic E-state index is 0.261. The van der Waals surface area contributed by atoms with Gasteiger partial charge in [0.25, 0.3) is 0 Å². The summed E-state index contributed by atoms with van der Waals surface area (Å²) in [5.74, 6) is 0. The third-order valence-electron chi connectivity index (χ3n) is 3.30. The third kappa shape index (κ3) is 2.37. The lowest BCUT2D eigenvalue weighted by Gasteiger charge is -2.40. The van der Waals surface area contributed by atoms with Crippen molar-refractivity contribution >= 4 is 16.9 Å². The highest BCUT2D eigenvalue weighted by molar-refractivity contribution is 8.14. The fraction of sp³-hybridized carbons (Fsp3) is 0.909. The number of ether oxygens (including phenoxy) is 2. The van der Waals surface area contributed by atoms with E-state index in [1.54, 1.807) is 7.11 Å². The quantitative estimate of drug-likeness (QED) is 0.708. The smallest absolute Gasteiger partial charge is 0.161 e. The molecular weight excluding hydrogens is 256 g/mol. The van der Waals surface area contributed by atoms with E-state index in [1.165, 1.54) is 11.8 Å². The van der Waals surface area contributed by atoms with Crippen molar-refractivity contribution in [3.8, 4) is 0 Å². The molecule has 2 heterocycles. The van der Waals surface area contributed by atoms with Crippen molar-refractivity contribution in [2.75, 3.05) is 21.2 Å². The second-order valence-electron chi connectivity index (χ2n) is 4.81. The fourth-order valence-corrected chi connectivity index (χ4v) is 3.26. The third-order valence-corrected chi connectivity index (χ3v) is 4.61. The Morgan fingerprint density at radius 2 is 2.06 bits per heavy atom. The lowest BCUT2D eigenvalue weighted by atomic mass is 9.95. The van der Waals surface area contributed by atoms with E-state index in [4.69, 9.17) is 9.47 Å². The highest BCUT2D eigenvalue weighted by Crippen LogP contribution is 2.37. The molecule has 0 radical (unpaired) electrons. The van der Waals surface area contributed by atoms with Gasteiger partial charge in [-0.05, 0) is 6.92 Å². The summed E-state index contributed by atoms with van der Waals surface area (Å²) in [6.07, 6.45) is -2.71. The van der Waals surface area contributed by atoms with Crippen LogP contribution in [0.2, 0.25) is 0 Å². The maximum Gasteiger partial charge on any atom is 0.161 e. The molecule has 6 atom stereocenters. The molecule has 2 rings (SSSR count). The first-order chi connectivity index (χ1) is 8.45. The summed E-state index contributed by atoms with van der Waals surface area (Å²) < 4.78 is 11.0. The summed E-state index contributed by atoms with van der Waals surface area (Å²) in [5, 5.41) is 21.0. The van der Waals surface area contributed by atoms with Gasteiger partial charge < -0.3 is 24.6 Å². The molecular formula is C11H20N2O4S. The van der Waals surface area contributed by atoms with Crippen LogP contribution in [0.1, 0.15) is 6.92 Å². The molecule has 2 N–H and O–H groups in total. The van der Waals surface area contributed by atoms with Crippen molar-refractivity contribution in [2.24, 2.45) is 4.99 Å². The van der Waals surface area contributed by atoms with E-state index >= 15 is 0 Å². The number of rotatable bonds is 2. The molecule has 104 valence electrons. The zero-order valence-electron chi connectivity index (χ0n) is 11.0. The number of methoxy groups -OCH3 is 1. The molecule has 0 aromatic carbocycles. The van der Waals surface area contributed by atoms with Crippen LogP contribution in [0.15, 0.2) is 4.99 Å². The van der Waals surface area contributed by atoms with Gasteiger partial charge in [-0.3, -0.25) is 4.99 Å². The zero-order valence-corrected chi connectivity index (χ0v) is 11.8.